The van der Waals surface area contributed by atoms with Crippen molar-refractivity contribution in [3.05, 3.63) is 66.8 Å². The second-order valence-electron chi connectivity index (χ2n) is 6.63. The van der Waals surface area contributed by atoms with Gasteiger partial charge >= 0.3 is 5.82 Å². The van der Waals surface area contributed by atoms with E-state index in [0.29, 0.717) is 34.9 Å². The quantitative estimate of drug-likeness (QED) is 0.446. The van der Waals surface area contributed by atoms with Crippen LogP contribution in [0, 0.1) is 36.7 Å². The lowest BCUT2D eigenvalue weighted by atomic mass is 10.2. The van der Waals surface area contributed by atoms with E-state index >= 15 is 0 Å². The molecule has 0 aliphatic heterocycles. The van der Waals surface area contributed by atoms with E-state index in [1.807, 2.05) is 0 Å². The average molecular weight is 455 g/mol. The lowest BCUT2D eigenvalue weighted by molar-refractivity contribution is -0.389. The van der Waals surface area contributed by atoms with E-state index in [1.165, 1.54) is 23.7 Å². The summed E-state index contributed by atoms with van der Waals surface area (Å²) in [4.78, 5) is 22.8. The first kappa shape index (κ1) is 21.7. The molecule has 3 rings (SSSR count). The topological polar surface area (TPSA) is 108 Å². The van der Waals surface area contributed by atoms with E-state index < -0.39 is 22.5 Å². The maximum Gasteiger partial charge on any atom is 0.408 e. The van der Waals surface area contributed by atoms with E-state index in [9.17, 15) is 19.3 Å². The molecule has 0 aliphatic carbocycles. The van der Waals surface area contributed by atoms with E-state index in [-0.39, 0.29) is 16.6 Å². The van der Waals surface area contributed by atoms with Crippen molar-refractivity contribution in [1.29, 1.82) is 0 Å². The first-order chi connectivity index (χ1) is 14.1. The molecular formula is C18H17Cl2FN6O3. The number of hydrogen-bond acceptors (Lipinski definition) is 5. The van der Waals surface area contributed by atoms with Crippen LogP contribution in [0.15, 0.2) is 18.2 Å². The van der Waals surface area contributed by atoms with Crippen LogP contribution in [-0.2, 0) is 17.9 Å². The molecule has 1 N–H and O–H groups in total. The lowest BCUT2D eigenvalue weighted by Gasteiger charge is -2.08. The third-order valence-electron chi connectivity index (χ3n) is 4.56. The Morgan fingerprint density at radius 2 is 1.90 bits per heavy atom. The smallest absolute Gasteiger partial charge is 0.358 e. The number of hydrogen-bond donors (Lipinski definition) is 1. The fourth-order valence-electron chi connectivity index (χ4n) is 2.94. The van der Waals surface area contributed by atoms with Gasteiger partial charge in [0.25, 0.3) is 0 Å². The number of aromatic nitrogens is 4. The highest BCUT2D eigenvalue weighted by atomic mass is 35.5. The minimum absolute atomic E-state index is 0.107. The molecule has 0 atom stereocenters. The number of anilines is 1. The maximum atomic E-state index is 13.2. The Labute approximate surface area is 180 Å². The number of aryl methyl sites for hydroxylation is 1. The van der Waals surface area contributed by atoms with Gasteiger partial charge in [-0.1, -0.05) is 29.3 Å². The maximum absolute atomic E-state index is 13.2. The Bertz CT molecular complexity index is 1160. The highest BCUT2D eigenvalue weighted by Gasteiger charge is 2.25. The molecule has 0 radical (unpaired) electrons. The molecule has 0 fully saturated rings. The van der Waals surface area contributed by atoms with Crippen molar-refractivity contribution in [2.45, 2.75) is 33.9 Å². The van der Waals surface area contributed by atoms with Gasteiger partial charge in [-0.15, -0.1) is 0 Å². The molecule has 1 aromatic carbocycles. The Hall–Kier alpha value is -2.98. The van der Waals surface area contributed by atoms with Gasteiger partial charge in [0.05, 0.1) is 34.4 Å². The molecule has 3 aromatic rings. The number of benzene rings is 1. The summed E-state index contributed by atoms with van der Waals surface area (Å²) in [5.41, 5.74) is 2.73. The third kappa shape index (κ3) is 4.29. The fraction of sp³-hybridized carbons (Fsp3) is 0.278. The van der Waals surface area contributed by atoms with E-state index in [1.54, 1.807) is 24.6 Å². The molecule has 2 aromatic heterocycles. The first-order valence-corrected chi connectivity index (χ1v) is 9.49. The summed E-state index contributed by atoms with van der Waals surface area (Å²) < 4.78 is 16.1. The number of carbonyl (C=O) groups is 1. The van der Waals surface area contributed by atoms with Crippen LogP contribution in [0.4, 0.5) is 15.9 Å². The third-order valence-corrected chi connectivity index (χ3v) is 5.36. The summed E-state index contributed by atoms with van der Waals surface area (Å²) in [5.74, 6) is -1.38. The van der Waals surface area contributed by atoms with Gasteiger partial charge in [0.2, 0.25) is 5.91 Å². The van der Waals surface area contributed by atoms with Crippen LogP contribution < -0.4 is 5.32 Å². The zero-order valence-corrected chi connectivity index (χ0v) is 17.8. The van der Waals surface area contributed by atoms with Gasteiger partial charge < -0.3 is 15.4 Å². The molecule has 0 spiro atoms. The molecule has 2 heterocycles. The molecule has 0 bridgehead atoms. The van der Waals surface area contributed by atoms with Gasteiger partial charge in [0, 0.05) is 5.02 Å². The summed E-state index contributed by atoms with van der Waals surface area (Å²) in [6.45, 7) is 5.08. The summed E-state index contributed by atoms with van der Waals surface area (Å²) in [6.07, 6.45) is 0. The van der Waals surface area contributed by atoms with Gasteiger partial charge in [-0.2, -0.15) is 9.78 Å². The van der Waals surface area contributed by atoms with Crippen molar-refractivity contribution in [3.8, 4) is 0 Å². The zero-order chi connectivity index (χ0) is 22.2. The van der Waals surface area contributed by atoms with Crippen molar-refractivity contribution in [3.63, 3.8) is 0 Å². The van der Waals surface area contributed by atoms with Crippen LogP contribution in [-0.4, -0.2) is 30.4 Å². The van der Waals surface area contributed by atoms with Gasteiger partial charge in [-0.05, 0) is 43.4 Å². The van der Waals surface area contributed by atoms with Crippen LogP contribution in [0.1, 0.15) is 22.6 Å². The number of nitro groups is 1. The predicted molar refractivity (Wildman–Crippen MR) is 109 cm³/mol. The first-order valence-electron chi connectivity index (χ1n) is 8.73. The highest BCUT2D eigenvalue weighted by Crippen LogP contribution is 2.27. The van der Waals surface area contributed by atoms with Crippen LogP contribution in [0.3, 0.4) is 0 Å². The zero-order valence-electron chi connectivity index (χ0n) is 16.2. The second-order valence-corrected chi connectivity index (χ2v) is 7.41. The van der Waals surface area contributed by atoms with Crippen molar-refractivity contribution in [2.75, 3.05) is 5.32 Å². The molecule has 9 nitrogen and oxygen atoms in total. The molecule has 30 heavy (non-hydrogen) atoms. The molecule has 12 heteroatoms. The van der Waals surface area contributed by atoms with Crippen molar-refractivity contribution in [2.24, 2.45) is 0 Å². The molecule has 0 saturated carbocycles. The van der Waals surface area contributed by atoms with Crippen molar-refractivity contribution in [1.82, 2.24) is 19.6 Å². The minimum atomic E-state index is -0.706. The normalized spacial score (nSPS) is 11.0. The number of nitrogens with one attached hydrogen (secondary N) is 1. The van der Waals surface area contributed by atoms with E-state index in [0.717, 1.165) is 0 Å². The Morgan fingerprint density at radius 3 is 2.50 bits per heavy atom. The number of carbonyl (C=O) groups excluding carboxylic acids is 1. The molecular weight excluding hydrogens is 438 g/mol. The fourth-order valence-corrected chi connectivity index (χ4v) is 3.37. The van der Waals surface area contributed by atoms with Gasteiger partial charge in [-0.25, -0.2) is 4.39 Å². The number of rotatable bonds is 6. The average Bonchev–Trinajstić information content (AvgIpc) is 3.09. The van der Waals surface area contributed by atoms with Crippen LogP contribution in [0.5, 0.6) is 0 Å². The van der Waals surface area contributed by atoms with Crippen LogP contribution >= 0.6 is 23.2 Å². The van der Waals surface area contributed by atoms with Crippen LogP contribution in [0.25, 0.3) is 0 Å². The van der Waals surface area contributed by atoms with Crippen molar-refractivity contribution < 1.29 is 14.1 Å². The molecule has 158 valence electrons. The number of amides is 1. The molecule has 0 unspecified atom stereocenters. The van der Waals surface area contributed by atoms with E-state index in [4.69, 9.17) is 23.2 Å². The van der Waals surface area contributed by atoms with Gasteiger partial charge in [0.1, 0.15) is 12.4 Å². The Balaban J connectivity index is 1.78. The summed E-state index contributed by atoms with van der Waals surface area (Å²) in [5, 5.41) is 22.1. The van der Waals surface area contributed by atoms with Crippen molar-refractivity contribution >= 4 is 40.6 Å². The highest BCUT2D eigenvalue weighted by molar-refractivity contribution is 6.33. The monoisotopic (exact) mass is 454 g/mol. The summed E-state index contributed by atoms with van der Waals surface area (Å²) >= 11 is 12.0. The summed E-state index contributed by atoms with van der Waals surface area (Å²) in [7, 11) is 0. The van der Waals surface area contributed by atoms with E-state index in [2.05, 4.69) is 15.5 Å². The SMILES string of the molecule is Cc1nn(Cc2ccc(F)cc2Cl)c(C)c1NC(=O)Cn1nc([N+](=O)[O-])c(Cl)c1C. The van der Waals surface area contributed by atoms with Gasteiger partial charge in [-0.3, -0.25) is 9.48 Å². The number of nitrogens with zero attached hydrogens (tertiary/aromatic N) is 5. The predicted octanol–water partition coefficient (Wildman–Crippen LogP) is 4.05. The minimum Gasteiger partial charge on any atom is -0.358 e. The molecule has 0 aliphatic rings. The largest absolute Gasteiger partial charge is 0.408 e. The lowest BCUT2D eigenvalue weighted by Crippen LogP contribution is -2.21. The van der Waals surface area contributed by atoms with Crippen LogP contribution in [0.2, 0.25) is 10.0 Å². The summed E-state index contributed by atoms with van der Waals surface area (Å²) in [6, 6.07) is 4.11. The number of halogens is 3. The molecule has 0 saturated heterocycles. The Kier molecular flexibility index (Phi) is 6.09. The standard InChI is InChI=1S/C18H17Cl2FN6O3/c1-9-17(11(3)25(23-9)7-12-4-5-13(21)6-14(12)19)22-15(28)8-26-10(2)16(20)18(24-26)27(29)30/h4-6H,7-8H2,1-3H3,(H,22,28). The molecule has 1 amide bonds. The second kappa shape index (κ2) is 8.41. The Morgan fingerprint density at radius 1 is 1.20 bits per heavy atom. The van der Waals surface area contributed by atoms with Gasteiger partial charge in [0.15, 0.2) is 5.02 Å².